The zero-order chi connectivity index (χ0) is 14.9. The molecule has 20 heavy (non-hydrogen) atoms. The number of aromatic nitrogens is 1. The number of nitrogens with zero attached hydrogens (tertiary/aromatic N) is 2. The van der Waals surface area contributed by atoms with Gasteiger partial charge in [-0.25, -0.2) is 0 Å². The van der Waals surface area contributed by atoms with Crippen LogP contribution in [0.4, 0.5) is 13.2 Å². The SMILES string of the molecule is O=C(O)[C@@H]1CN(C(=O)C(F)(F)F)C[C@H]1c1ccncc1. The van der Waals surface area contributed by atoms with Crippen LogP contribution in [0.15, 0.2) is 24.5 Å². The fourth-order valence-corrected chi connectivity index (χ4v) is 2.35. The van der Waals surface area contributed by atoms with E-state index in [0.29, 0.717) is 10.5 Å². The van der Waals surface area contributed by atoms with Gasteiger partial charge in [-0.3, -0.25) is 14.6 Å². The zero-order valence-corrected chi connectivity index (χ0v) is 10.2. The van der Waals surface area contributed by atoms with Gasteiger partial charge in [-0.1, -0.05) is 0 Å². The lowest BCUT2D eigenvalue weighted by Crippen LogP contribution is -2.40. The van der Waals surface area contributed by atoms with E-state index in [2.05, 4.69) is 4.98 Å². The number of carboxylic acids is 1. The molecule has 1 fully saturated rings. The van der Waals surface area contributed by atoms with Crippen molar-refractivity contribution in [1.82, 2.24) is 9.88 Å². The van der Waals surface area contributed by atoms with Crippen molar-refractivity contribution < 1.29 is 27.9 Å². The molecule has 1 aliphatic heterocycles. The lowest BCUT2D eigenvalue weighted by atomic mass is 9.90. The van der Waals surface area contributed by atoms with Gasteiger partial charge < -0.3 is 10.0 Å². The van der Waals surface area contributed by atoms with Gasteiger partial charge in [0, 0.05) is 31.4 Å². The van der Waals surface area contributed by atoms with Crippen molar-refractivity contribution in [2.45, 2.75) is 12.1 Å². The predicted octanol–water partition coefficient (Wildman–Crippen LogP) is 1.27. The van der Waals surface area contributed by atoms with Gasteiger partial charge in [0.25, 0.3) is 0 Å². The highest BCUT2D eigenvalue weighted by molar-refractivity contribution is 5.83. The fourth-order valence-electron chi connectivity index (χ4n) is 2.35. The number of hydrogen-bond acceptors (Lipinski definition) is 3. The van der Waals surface area contributed by atoms with Crippen LogP contribution in [0, 0.1) is 5.92 Å². The standard InChI is InChI=1S/C12H11F3N2O3/c13-12(14,15)11(20)17-5-8(9(6-17)10(18)19)7-1-3-16-4-2-7/h1-4,8-9H,5-6H2,(H,18,19)/t8-,9+/m0/s1. The number of hydrogen-bond donors (Lipinski definition) is 1. The van der Waals surface area contributed by atoms with Crippen LogP contribution in [-0.2, 0) is 9.59 Å². The molecule has 2 heterocycles. The van der Waals surface area contributed by atoms with Crippen LogP contribution in [0.1, 0.15) is 11.5 Å². The summed E-state index contributed by atoms with van der Waals surface area (Å²) in [5.74, 6) is -4.94. The molecule has 1 N–H and O–H groups in total. The Morgan fingerprint density at radius 3 is 2.35 bits per heavy atom. The molecule has 1 amide bonds. The number of amides is 1. The highest BCUT2D eigenvalue weighted by Crippen LogP contribution is 2.34. The molecule has 108 valence electrons. The number of rotatable bonds is 2. The number of alkyl halides is 3. The van der Waals surface area contributed by atoms with Crippen molar-refractivity contribution in [2.24, 2.45) is 5.92 Å². The maximum Gasteiger partial charge on any atom is 0.471 e. The average molecular weight is 288 g/mol. The number of carbonyl (C=O) groups excluding carboxylic acids is 1. The van der Waals surface area contributed by atoms with E-state index in [0.717, 1.165) is 0 Å². The Morgan fingerprint density at radius 2 is 1.85 bits per heavy atom. The molecule has 1 aromatic rings. The second kappa shape index (κ2) is 5.10. The molecule has 1 saturated heterocycles. The van der Waals surface area contributed by atoms with Crippen molar-refractivity contribution in [1.29, 1.82) is 0 Å². The van der Waals surface area contributed by atoms with Crippen molar-refractivity contribution in [2.75, 3.05) is 13.1 Å². The second-order valence-electron chi connectivity index (χ2n) is 4.54. The van der Waals surface area contributed by atoms with Crippen molar-refractivity contribution in [3.63, 3.8) is 0 Å². The summed E-state index contributed by atoms with van der Waals surface area (Å²) < 4.78 is 37.2. The average Bonchev–Trinajstić information content (AvgIpc) is 2.82. The first-order valence-electron chi connectivity index (χ1n) is 5.79. The lowest BCUT2D eigenvalue weighted by Gasteiger charge is -2.17. The minimum Gasteiger partial charge on any atom is -0.481 e. The second-order valence-corrected chi connectivity index (χ2v) is 4.54. The molecule has 0 radical (unpaired) electrons. The van der Waals surface area contributed by atoms with Crippen molar-refractivity contribution in [3.8, 4) is 0 Å². The summed E-state index contributed by atoms with van der Waals surface area (Å²) in [5, 5.41) is 9.11. The van der Waals surface area contributed by atoms with Crippen LogP contribution >= 0.6 is 0 Å². The van der Waals surface area contributed by atoms with Crippen LogP contribution < -0.4 is 0 Å². The summed E-state index contributed by atoms with van der Waals surface area (Å²) >= 11 is 0. The number of halogens is 3. The van der Waals surface area contributed by atoms with Crippen LogP contribution in [-0.4, -0.2) is 46.1 Å². The third kappa shape index (κ3) is 2.73. The molecular formula is C12H11F3N2O3. The highest BCUT2D eigenvalue weighted by atomic mass is 19.4. The Labute approximate surface area is 112 Å². The van der Waals surface area contributed by atoms with Gasteiger partial charge >= 0.3 is 18.1 Å². The largest absolute Gasteiger partial charge is 0.481 e. The Kier molecular flexibility index (Phi) is 3.65. The molecule has 1 aromatic heterocycles. The van der Waals surface area contributed by atoms with E-state index in [1.54, 1.807) is 12.1 Å². The van der Waals surface area contributed by atoms with Gasteiger partial charge in [-0.2, -0.15) is 13.2 Å². The molecule has 0 unspecified atom stereocenters. The number of carboxylic acid groups (broad SMARTS) is 1. The van der Waals surface area contributed by atoms with Gasteiger partial charge in [0.15, 0.2) is 0 Å². The fraction of sp³-hybridized carbons (Fsp3) is 0.417. The minimum atomic E-state index is -4.99. The summed E-state index contributed by atoms with van der Waals surface area (Å²) in [7, 11) is 0. The number of carbonyl (C=O) groups is 2. The first kappa shape index (κ1) is 14.3. The normalized spacial score (nSPS) is 22.9. The van der Waals surface area contributed by atoms with Crippen LogP contribution in [0.2, 0.25) is 0 Å². The predicted molar refractivity (Wildman–Crippen MR) is 60.7 cm³/mol. The van der Waals surface area contributed by atoms with E-state index < -0.39 is 36.4 Å². The van der Waals surface area contributed by atoms with Gasteiger partial charge in [0.05, 0.1) is 5.92 Å². The quantitative estimate of drug-likeness (QED) is 0.889. The molecule has 0 spiro atoms. The van der Waals surface area contributed by atoms with Crippen LogP contribution in [0.5, 0.6) is 0 Å². The molecule has 1 aliphatic rings. The maximum atomic E-state index is 12.4. The van der Waals surface area contributed by atoms with E-state index in [4.69, 9.17) is 5.11 Å². The van der Waals surface area contributed by atoms with Crippen molar-refractivity contribution in [3.05, 3.63) is 30.1 Å². The highest BCUT2D eigenvalue weighted by Gasteiger charge is 2.48. The summed E-state index contributed by atoms with van der Waals surface area (Å²) in [6.07, 6.45) is -2.12. The number of pyridine rings is 1. The molecular weight excluding hydrogens is 277 g/mol. The number of aliphatic carboxylic acids is 1. The van der Waals surface area contributed by atoms with E-state index in [1.807, 2.05) is 0 Å². The van der Waals surface area contributed by atoms with E-state index in [-0.39, 0.29) is 6.54 Å². The molecule has 0 aromatic carbocycles. The van der Waals surface area contributed by atoms with E-state index in [9.17, 15) is 22.8 Å². The molecule has 2 rings (SSSR count). The van der Waals surface area contributed by atoms with Crippen LogP contribution in [0.3, 0.4) is 0 Å². The van der Waals surface area contributed by atoms with Crippen LogP contribution in [0.25, 0.3) is 0 Å². The maximum absolute atomic E-state index is 12.4. The van der Waals surface area contributed by atoms with Crippen molar-refractivity contribution >= 4 is 11.9 Å². The smallest absolute Gasteiger partial charge is 0.471 e. The Balaban J connectivity index is 2.25. The molecule has 8 heteroatoms. The molecule has 0 saturated carbocycles. The van der Waals surface area contributed by atoms with Gasteiger partial charge in [-0.15, -0.1) is 0 Å². The van der Waals surface area contributed by atoms with E-state index in [1.165, 1.54) is 12.4 Å². The third-order valence-corrected chi connectivity index (χ3v) is 3.30. The molecule has 0 aliphatic carbocycles. The monoisotopic (exact) mass is 288 g/mol. The van der Waals surface area contributed by atoms with Gasteiger partial charge in [0.2, 0.25) is 0 Å². The molecule has 5 nitrogen and oxygen atoms in total. The van der Waals surface area contributed by atoms with Gasteiger partial charge in [0.1, 0.15) is 0 Å². The molecule has 0 bridgehead atoms. The topological polar surface area (TPSA) is 70.5 Å². The summed E-state index contributed by atoms with van der Waals surface area (Å²) in [4.78, 5) is 26.7. The third-order valence-electron chi connectivity index (χ3n) is 3.30. The summed E-state index contributed by atoms with van der Waals surface area (Å²) in [6.45, 7) is -0.708. The Hall–Kier alpha value is -2.12. The summed E-state index contributed by atoms with van der Waals surface area (Å²) in [5.41, 5.74) is 0.560. The van der Waals surface area contributed by atoms with Gasteiger partial charge in [-0.05, 0) is 17.7 Å². The first-order chi connectivity index (χ1) is 9.30. The minimum absolute atomic E-state index is 0.265. The van der Waals surface area contributed by atoms with E-state index >= 15 is 0 Å². The Morgan fingerprint density at radius 1 is 1.25 bits per heavy atom. The summed E-state index contributed by atoms with van der Waals surface area (Å²) in [6, 6.07) is 3.09. The first-order valence-corrected chi connectivity index (χ1v) is 5.79. The number of likely N-dealkylation sites (tertiary alicyclic amines) is 1. The Bertz CT molecular complexity index is 518. The molecule has 2 atom stereocenters. The zero-order valence-electron chi connectivity index (χ0n) is 10.2. The lowest BCUT2D eigenvalue weighted by molar-refractivity contribution is -0.184.